The quantitative estimate of drug-likeness (QED) is 0.795. The van der Waals surface area contributed by atoms with Crippen LogP contribution in [0.15, 0.2) is 42.5 Å². The third-order valence-corrected chi connectivity index (χ3v) is 4.82. The van der Waals surface area contributed by atoms with E-state index >= 15 is 0 Å². The molecule has 102 valence electrons. The number of aliphatic hydroxyl groups excluding tert-OH is 1. The molecule has 5 atom stereocenters. The molecule has 2 bridgehead atoms. The molecule has 0 radical (unpaired) electrons. The van der Waals surface area contributed by atoms with Gasteiger partial charge in [0, 0.05) is 6.04 Å². The van der Waals surface area contributed by atoms with Gasteiger partial charge in [0.15, 0.2) is 0 Å². The SMILES string of the molecule is CC(NC(CO)c1ccccc1)C1CC2C=CC1C2. The van der Waals surface area contributed by atoms with Crippen LogP contribution in [0.4, 0.5) is 0 Å². The summed E-state index contributed by atoms with van der Waals surface area (Å²) in [7, 11) is 0. The Morgan fingerprint density at radius 2 is 2.00 bits per heavy atom. The van der Waals surface area contributed by atoms with Crippen molar-refractivity contribution in [2.75, 3.05) is 6.61 Å². The van der Waals surface area contributed by atoms with E-state index in [1.54, 1.807) is 0 Å². The lowest BCUT2D eigenvalue weighted by Crippen LogP contribution is -2.39. The first kappa shape index (κ1) is 12.9. The van der Waals surface area contributed by atoms with Crippen LogP contribution in [-0.2, 0) is 0 Å². The highest BCUT2D eigenvalue weighted by Crippen LogP contribution is 2.45. The molecule has 2 aliphatic carbocycles. The van der Waals surface area contributed by atoms with Crippen LogP contribution in [0, 0.1) is 17.8 Å². The fourth-order valence-corrected chi connectivity index (χ4v) is 3.78. The molecule has 0 saturated heterocycles. The van der Waals surface area contributed by atoms with Gasteiger partial charge in [-0.05, 0) is 43.1 Å². The molecule has 1 saturated carbocycles. The average Bonchev–Trinajstić information content (AvgIpc) is 3.08. The molecule has 1 fully saturated rings. The van der Waals surface area contributed by atoms with Gasteiger partial charge in [0.1, 0.15) is 0 Å². The van der Waals surface area contributed by atoms with Gasteiger partial charge in [0.2, 0.25) is 0 Å². The number of rotatable bonds is 5. The number of allylic oxidation sites excluding steroid dienone is 2. The van der Waals surface area contributed by atoms with E-state index in [1.165, 1.54) is 18.4 Å². The monoisotopic (exact) mass is 257 g/mol. The predicted octanol–water partition coefficient (Wildman–Crippen LogP) is 2.91. The van der Waals surface area contributed by atoms with Crippen LogP contribution in [-0.4, -0.2) is 17.8 Å². The number of hydrogen-bond donors (Lipinski definition) is 2. The van der Waals surface area contributed by atoms with Crippen LogP contribution in [0.3, 0.4) is 0 Å². The summed E-state index contributed by atoms with van der Waals surface area (Å²) in [6.07, 6.45) is 7.43. The summed E-state index contributed by atoms with van der Waals surface area (Å²) in [5, 5.41) is 13.3. The third-order valence-electron chi connectivity index (χ3n) is 4.82. The van der Waals surface area contributed by atoms with Crippen molar-refractivity contribution in [3.8, 4) is 0 Å². The van der Waals surface area contributed by atoms with E-state index in [1.807, 2.05) is 18.2 Å². The van der Waals surface area contributed by atoms with Gasteiger partial charge in [0.05, 0.1) is 12.6 Å². The maximum atomic E-state index is 9.63. The van der Waals surface area contributed by atoms with Gasteiger partial charge in [0.25, 0.3) is 0 Å². The zero-order chi connectivity index (χ0) is 13.2. The summed E-state index contributed by atoms with van der Waals surface area (Å²) in [6, 6.07) is 10.8. The topological polar surface area (TPSA) is 32.3 Å². The minimum absolute atomic E-state index is 0.0549. The summed E-state index contributed by atoms with van der Waals surface area (Å²) in [6.45, 7) is 2.43. The predicted molar refractivity (Wildman–Crippen MR) is 77.7 cm³/mol. The van der Waals surface area contributed by atoms with E-state index in [0.29, 0.717) is 6.04 Å². The van der Waals surface area contributed by atoms with Crippen LogP contribution in [0.5, 0.6) is 0 Å². The Morgan fingerprint density at radius 1 is 1.21 bits per heavy atom. The number of aliphatic hydroxyl groups is 1. The molecule has 2 N–H and O–H groups in total. The highest BCUT2D eigenvalue weighted by molar-refractivity contribution is 5.19. The largest absolute Gasteiger partial charge is 0.394 e. The van der Waals surface area contributed by atoms with Gasteiger partial charge in [-0.3, -0.25) is 0 Å². The number of fused-ring (bicyclic) bond motifs is 2. The highest BCUT2D eigenvalue weighted by atomic mass is 16.3. The smallest absolute Gasteiger partial charge is 0.0626 e. The van der Waals surface area contributed by atoms with Crippen LogP contribution >= 0.6 is 0 Å². The molecule has 1 aromatic carbocycles. The number of benzene rings is 1. The van der Waals surface area contributed by atoms with Crippen molar-refractivity contribution < 1.29 is 5.11 Å². The van der Waals surface area contributed by atoms with Gasteiger partial charge < -0.3 is 10.4 Å². The first-order valence-corrected chi connectivity index (χ1v) is 7.38. The maximum Gasteiger partial charge on any atom is 0.0626 e. The molecule has 2 heteroatoms. The molecule has 0 amide bonds. The fraction of sp³-hybridized carbons (Fsp3) is 0.529. The molecular formula is C17H23NO. The van der Waals surface area contributed by atoms with E-state index in [9.17, 15) is 5.11 Å². The molecule has 5 unspecified atom stereocenters. The maximum absolute atomic E-state index is 9.63. The van der Waals surface area contributed by atoms with E-state index < -0.39 is 0 Å². The minimum atomic E-state index is 0.0549. The molecule has 0 heterocycles. The van der Waals surface area contributed by atoms with Gasteiger partial charge >= 0.3 is 0 Å². The molecule has 1 aromatic rings. The summed E-state index contributed by atoms with van der Waals surface area (Å²) in [5.41, 5.74) is 1.18. The van der Waals surface area contributed by atoms with Crippen molar-refractivity contribution >= 4 is 0 Å². The minimum Gasteiger partial charge on any atom is -0.394 e. The molecule has 19 heavy (non-hydrogen) atoms. The summed E-state index contributed by atoms with van der Waals surface area (Å²) in [4.78, 5) is 0. The van der Waals surface area contributed by atoms with Crippen molar-refractivity contribution in [3.05, 3.63) is 48.0 Å². The Labute approximate surface area is 115 Å². The third kappa shape index (κ3) is 2.60. The fourth-order valence-electron chi connectivity index (χ4n) is 3.78. The number of nitrogens with one attached hydrogen (secondary N) is 1. The van der Waals surface area contributed by atoms with E-state index in [4.69, 9.17) is 0 Å². The second kappa shape index (κ2) is 5.48. The van der Waals surface area contributed by atoms with Gasteiger partial charge in [-0.2, -0.15) is 0 Å². The Hall–Kier alpha value is -1.12. The van der Waals surface area contributed by atoms with Crippen LogP contribution in [0.2, 0.25) is 0 Å². The average molecular weight is 257 g/mol. The van der Waals surface area contributed by atoms with Crippen LogP contribution in [0.1, 0.15) is 31.4 Å². The Bertz CT molecular complexity index is 442. The normalized spacial score (nSPS) is 31.6. The zero-order valence-corrected chi connectivity index (χ0v) is 11.5. The van der Waals surface area contributed by atoms with Gasteiger partial charge in [-0.1, -0.05) is 42.5 Å². The van der Waals surface area contributed by atoms with E-state index in [-0.39, 0.29) is 12.6 Å². The number of hydrogen-bond acceptors (Lipinski definition) is 2. The summed E-state index contributed by atoms with van der Waals surface area (Å²) in [5.74, 6) is 2.29. The zero-order valence-electron chi connectivity index (χ0n) is 11.5. The molecule has 0 aromatic heterocycles. The summed E-state index contributed by atoms with van der Waals surface area (Å²) >= 11 is 0. The standard InChI is InChI=1S/C17H23NO/c1-12(16-10-13-7-8-15(16)9-13)18-17(11-19)14-5-3-2-4-6-14/h2-8,12-13,15-19H,9-11H2,1H3. The molecular weight excluding hydrogens is 234 g/mol. The molecule has 0 aliphatic heterocycles. The second-order valence-corrected chi connectivity index (χ2v) is 6.05. The van der Waals surface area contributed by atoms with Gasteiger partial charge in [-0.25, -0.2) is 0 Å². The lowest BCUT2D eigenvalue weighted by atomic mass is 9.87. The summed E-state index contributed by atoms with van der Waals surface area (Å²) < 4.78 is 0. The Morgan fingerprint density at radius 3 is 2.58 bits per heavy atom. The lowest BCUT2D eigenvalue weighted by molar-refractivity contribution is 0.212. The van der Waals surface area contributed by atoms with Crippen molar-refractivity contribution in [2.45, 2.75) is 31.8 Å². The molecule has 3 rings (SSSR count). The highest BCUT2D eigenvalue weighted by Gasteiger charge is 2.38. The Kier molecular flexibility index (Phi) is 3.72. The van der Waals surface area contributed by atoms with E-state index in [0.717, 1.165) is 17.8 Å². The first-order chi connectivity index (χ1) is 9.28. The van der Waals surface area contributed by atoms with Crippen molar-refractivity contribution in [3.63, 3.8) is 0 Å². The van der Waals surface area contributed by atoms with Crippen molar-refractivity contribution in [1.29, 1.82) is 0 Å². The lowest BCUT2D eigenvalue weighted by Gasteiger charge is -2.30. The van der Waals surface area contributed by atoms with Crippen molar-refractivity contribution in [1.82, 2.24) is 5.32 Å². The molecule has 0 spiro atoms. The Balaban J connectivity index is 1.65. The van der Waals surface area contributed by atoms with Crippen LogP contribution in [0.25, 0.3) is 0 Å². The molecule has 2 nitrogen and oxygen atoms in total. The first-order valence-electron chi connectivity index (χ1n) is 7.38. The van der Waals surface area contributed by atoms with E-state index in [2.05, 4.69) is 36.5 Å². The van der Waals surface area contributed by atoms with Gasteiger partial charge in [-0.15, -0.1) is 0 Å². The molecule has 2 aliphatic rings. The second-order valence-electron chi connectivity index (χ2n) is 6.05. The van der Waals surface area contributed by atoms with Crippen LogP contribution < -0.4 is 5.32 Å². The van der Waals surface area contributed by atoms with Crippen molar-refractivity contribution in [2.24, 2.45) is 17.8 Å².